The number of nitrogens with one attached hydrogen (secondary N) is 2. The Bertz CT molecular complexity index is 1030. The van der Waals surface area contributed by atoms with Gasteiger partial charge in [-0.25, -0.2) is 0 Å². The van der Waals surface area contributed by atoms with Crippen molar-refractivity contribution in [2.45, 2.75) is 44.3 Å². The average molecular weight is 433 g/mol. The lowest BCUT2D eigenvalue weighted by molar-refractivity contribution is -0.122. The van der Waals surface area contributed by atoms with Crippen molar-refractivity contribution < 1.29 is 14.4 Å². The summed E-state index contributed by atoms with van der Waals surface area (Å²) in [7, 11) is 0. The van der Waals surface area contributed by atoms with Gasteiger partial charge in [0.25, 0.3) is 5.91 Å². The smallest absolute Gasteiger partial charge is 0.251 e. The molecular formula is C25H28N4O3. The van der Waals surface area contributed by atoms with E-state index >= 15 is 0 Å². The molecule has 0 aromatic heterocycles. The molecule has 0 bridgehead atoms. The number of nitrogens with two attached hydrogens (primary N) is 1. The molecule has 4 rings (SSSR count). The monoisotopic (exact) mass is 432 g/mol. The Morgan fingerprint density at radius 3 is 2.56 bits per heavy atom. The van der Waals surface area contributed by atoms with Crippen molar-refractivity contribution in [3.05, 3.63) is 71.3 Å². The number of hydrogen-bond acceptors (Lipinski definition) is 4. The molecule has 7 nitrogen and oxygen atoms in total. The molecule has 2 aliphatic rings. The lowest BCUT2D eigenvalue weighted by Crippen LogP contribution is -2.39. The minimum Gasteiger partial charge on any atom is -0.368 e. The molecule has 3 amide bonds. The molecule has 1 saturated heterocycles. The number of carbonyl (C=O) groups excluding carboxylic acids is 3. The van der Waals surface area contributed by atoms with Crippen molar-refractivity contribution in [2.75, 3.05) is 11.9 Å². The van der Waals surface area contributed by atoms with E-state index in [0.29, 0.717) is 23.8 Å². The Morgan fingerprint density at radius 1 is 1.06 bits per heavy atom. The first-order chi connectivity index (χ1) is 15.5. The minimum atomic E-state index is -0.284. The van der Waals surface area contributed by atoms with Crippen LogP contribution in [0.25, 0.3) is 6.08 Å². The first-order valence-corrected chi connectivity index (χ1v) is 11.0. The third-order valence-electron chi connectivity index (χ3n) is 5.78. The maximum atomic E-state index is 12.4. The highest BCUT2D eigenvalue weighted by atomic mass is 16.2. The van der Waals surface area contributed by atoms with Crippen LogP contribution in [-0.4, -0.2) is 41.2 Å². The summed E-state index contributed by atoms with van der Waals surface area (Å²) in [5, 5.41) is 5.82. The van der Waals surface area contributed by atoms with E-state index in [1.165, 1.54) is 6.08 Å². The fraction of sp³-hybridized carbons (Fsp3) is 0.320. The molecular weight excluding hydrogens is 404 g/mol. The zero-order chi connectivity index (χ0) is 22.5. The molecule has 2 aromatic carbocycles. The van der Waals surface area contributed by atoms with Gasteiger partial charge >= 0.3 is 0 Å². The second-order valence-electron chi connectivity index (χ2n) is 8.42. The summed E-state index contributed by atoms with van der Waals surface area (Å²) in [5.41, 5.74) is 8.66. The zero-order valence-electron chi connectivity index (χ0n) is 17.9. The van der Waals surface area contributed by atoms with Gasteiger partial charge < -0.3 is 16.4 Å². The lowest BCUT2D eigenvalue weighted by Gasteiger charge is -2.22. The molecule has 7 heteroatoms. The number of carbonyl (C=O) groups is 3. The highest BCUT2D eigenvalue weighted by molar-refractivity contribution is 6.02. The molecule has 1 unspecified atom stereocenters. The van der Waals surface area contributed by atoms with Crippen LogP contribution in [0.1, 0.15) is 47.2 Å². The van der Waals surface area contributed by atoms with E-state index in [1.807, 2.05) is 36.4 Å². The molecule has 4 N–H and O–H groups in total. The van der Waals surface area contributed by atoms with Gasteiger partial charge in [-0.05, 0) is 73.7 Å². The fourth-order valence-corrected chi connectivity index (χ4v) is 3.92. The number of amides is 3. The van der Waals surface area contributed by atoms with Crippen LogP contribution in [0.4, 0.5) is 5.69 Å². The van der Waals surface area contributed by atoms with Crippen molar-refractivity contribution in [3.63, 3.8) is 0 Å². The van der Waals surface area contributed by atoms with Crippen molar-refractivity contribution in [1.29, 1.82) is 0 Å². The first-order valence-electron chi connectivity index (χ1n) is 11.0. The van der Waals surface area contributed by atoms with Gasteiger partial charge in [-0.3, -0.25) is 19.3 Å². The molecule has 1 heterocycles. The van der Waals surface area contributed by atoms with Crippen LogP contribution in [0.15, 0.2) is 54.6 Å². The Labute approximate surface area is 187 Å². The SMILES string of the molecule is NC(=O)C1CCCN1Cc1cccc(NC(=O)C=Cc2ccc(C(=O)NC3CC3)cc2)c1. The third-order valence-corrected chi connectivity index (χ3v) is 5.78. The molecule has 0 radical (unpaired) electrons. The zero-order valence-corrected chi connectivity index (χ0v) is 17.9. The normalized spacial score (nSPS) is 18.6. The first kappa shape index (κ1) is 21.8. The lowest BCUT2D eigenvalue weighted by atomic mass is 10.1. The largest absolute Gasteiger partial charge is 0.368 e. The van der Waals surface area contributed by atoms with Crippen molar-refractivity contribution in [2.24, 2.45) is 5.73 Å². The molecule has 1 aliphatic heterocycles. The third kappa shape index (κ3) is 5.82. The molecule has 1 atom stereocenters. The van der Waals surface area contributed by atoms with Gasteiger partial charge in [0.2, 0.25) is 11.8 Å². The maximum absolute atomic E-state index is 12.4. The molecule has 166 valence electrons. The van der Waals surface area contributed by atoms with Gasteiger partial charge in [-0.1, -0.05) is 24.3 Å². The number of likely N-dealkylation sites (tertiary alicyclic amines) is 1. The predicted octanol–water partition coefficient (Wildman–Crippen LogP) is 2.68. The molecule has 1 aliphatic carbocycles. The van der Waals surface area contributed by atoms with Crippen LogP contribution in [0.3, 0.4) is 0 Å². The summed E-state index contributed by atoms with van der Waals surface area (Å²) in [6, 6.07) is 14.9. The van der Waals surface area contributed by atoms with Crippen LogP contribution in [0.2, 0.25) is 0 Å². The summed E-state index contributed by atoms with van der Waals surface area (Å²) in [5.74, 6) is -0.584. The van der Waals surface area contributed by atoms with Gasteiger partial charge in [0.1, 0.15) is 0 Å². The standard InChI is InChI=1S/C25H28N4O3/c26-24(31)22-5-2-14-29(22)16-18-3-1-4-21(15-18)27-23(30)13-8-17-6-9-19(10-7-17)25(32)28-20-11-12-20/h1,3-4,6-10,13,15,20,22H,2,5,11-12,14,16H2,(H2,26,31)(H,27,30)(H,28,32). The van der Waals surface area contributed by atoms with Gasteiger partial charge in [-0.2, -0.15) is 0 Å². The molecule has 2 aromatic rings. The minimum absolute atomic E-state index is 0.0586. The van der Waals surface area contributed by atoms with Crippen molar-refractivity contribution >= 4 is 29.5 Å². The number of benzene rings is 2. The van der Waals surface area contributed by atoms with Crippen LogP contribution in [-0.2, 0) is 16.1 Å². The quantitative estimate of drug-likeness (QED) is 0.558. The molecule has 2 fully saturated rings. The van der Waals surface area contributed by atoms with E-state index < -0.39 is 0 Å². The maximum Gasteiger partial charge on any atom is 0.251 e. The number of primary amides is 1. The van der Waals surface area contributed by atoms with Gasteiger partial charge in [-0.15, -0.1) is 0 Å². The highest BCUT2D eigenvalue weighted by Gasteiger charge is 2.28. The number of hydrogen-bond donors (Lipinski definition) is 3. The van der Waals surface area contributed by atoms with Crippen LogP contribution < -0.4 is 16.4 Å². The Hall–Kier alpha value is -3.45. The molecule has 1 saturated carbocycles. The number of rotatable bonds is 8. The average Bonchev–Trinajstić information content (AvgIpc) is 3.47. The van der Waals surface area contributed by atoms with Crippen LogP contribution in [0, 0.1) is 0 Å². The molecule has 0 spiro atoms. The van der Waals surface area contributed by atoms with Gasteiger partial charge in [0.05, 0.1) is 6.04 Å². The number of nitrogens with zero attached hydrogens (tertiary/aromatic N) is 1. The van der Waals surface area contributed by atoms with E-state index in [2.05, 4.69) is 15.5 Å². The predicted molar refractivity (Wildman–Crippen MR) is 124 cm³/mol. The summed E-state index contributed by atoms with van der Waals surface area (Å²) in [4.78, 5) is 38.1. The van der Waals surface area contributed by atoms with Gasteiger partial charge in [0.15, 0.2) is 0 Å². The van der Waals surface area contributed by atoms with Crippen molar-refractivity contribution in [3.8, 4) is 0 Å². The summed E-state index contributed by atoms with van der Waals surface area (Å²) < 4.78 is 0. The second kappa shape index (κ2) is 9.78. The van der Waals surface area contributed by atoms with E-state index in [9.17, 15) is 14.4 Å². The van der Waals surface area contributed by atoms with E-state index in [0.717, 1.165) is 43.4 Å². The van der Waals surface area contributed by atoms with E-state index in [4.69, 9.17) is 5.73 Å². The van der Waals surface area contributed by atoms with E-state index in [-0.39, 0.29) is 23.8 Å². The number of anilines is 1. The van der Waals surface area contributed by atoms with Gasteiger partial charge in [0, 0.05) is 29.9 Å². The van der Waals surface area contributed by atoms with Crippen molar-refractivity contribution in [1.82, 2.24) is 10.2 Å². The summed E-state index contributed by atoms with van der Waals surface area (Å²) in [6.45, 7) is 1.46. The Kier molecular flexibility index (Phi) is 6.66. The van der Waals surface area contributed by atoms with Crippen LogP contribution in [0.5, 0.6) is 0 Å². The highest BCUT2D eigenvalue weighted by Crippen LogP contribution is 2.21. The van der Waals surface area contributed by atoms with E-state index in [1.54, 1.807) is 18.2 Å². The summed E-state index contributed by atoms with van der Waals surface area (Å²) >= 11 is 0. The summed E-state index contributed by atoms with van der Waals surface area (Å²) in [6.07, 6.45) is 7.04. The fourth-order valence-electron chi connectivity index (χ4n) is 3.92. The second-order valence-corrected chi connectivity index (χ2v) is 8.42. The Morgan fingerprint density at radius 2 is 1.84 bits per heavy atom. The van der Waals surface area contributed by atoms with Crippen LogP contribution >= 0.6 is 0 Å². The molecule has 32 heavy (non-hydrogen) atoms. The topological polar surface area (TPSA) is 105 Å². The Balaban J connectivity index is 1.31.